The smallest absolute Gasteiger partial charge is 0.121 e. The van der Waals surface area contributed by atoms with Gasteiger partial charge in [-0.2, -0.15) is 0 Å². The molecule has 0 bridgehead atoms. The van der Waals surface area contributed by atoms with E-state index in [1.54, 1.807) is 0 Å². The molecule has 0 aliphatic carbocycles. The fourth-order valence-corrected chi connectivity index (χ4v) is 0.846. The van der Waals surface area contributed by atoms with Crippen LogP contribution in [0.25, 0.3) is 0 Å². The van der Waals surface area contributed by atoms with E-state index in [2.05, 4.69) is 11.8 Å². The lowest BCUT2D eigenvalue weighted by Crippen LogP contribution is -2.30. The Morgan fingerprint density at radius 1 is 1.50 bits per heavy atom. The summed E-state index contributed by atoms with van der Waals surface area (Å²) in [6.45, 7) is 5.46. The number of nitrogens with zero attached hydrogens (tertiary/aromatic N) is 1. The molecular weight excluding hydrogens is 128 g/mol. The molecule has 0 aliphatic rings. The van der Waals surface area contributed by atoms with Crippen LogP contribution in [-0.4, -0.2) is 37.4 Å². The molecule has 0 fully saturated rings. The number of nitrogens with two attached hydrogens (primary N) is 1. The maximum Gasteiger partial charge on any atom is 0.121 e. The van der Waals surface area contributed by atoms with Gasteiger partial charge in [-0.15, -0.1) is 0 Å². The third-order valence-corrected chi connectivity index (χ3v) is 1.46. The van der Waals surface area contributed by atoms with E-state index in [0.29, 0.717) is 13.0 Å². The summed E-state index contributed by atoms with van der Waals surface area (Å²) in [7, 11) is 0. The van der Waals surface area contributed by atoms with Crippen LogP contribution in [-0.2, 0) is 4.79 Å². The number of hydrogen-bond donors (Lipinski definition) is 1. The minimum Gasteiger partial charge on any atom is -0.329 e. The van der Waals surface area contributed by atoms with Crippen molar-refractivity contribution >= 4 is 6.29 Å². The zero-order valence-electron chi connectivity index (χ0n) is 6.55. The van der Waals surface area contributed by atoms with E-state index in [9.17, 15) is 4.79 Å². The van der Waals surface area contributed by atoms with Crippen molar-refractivity contribution in [1.82, 2.24) is 4.90 Å². The summed E-state index contributed by atoms with van der Waals surface area (Å²) in [5.41, 5.74) is 5.35. The minimum absolute atomic E-state index is 0.619. The van der Waals surface area contributed by atoms with Gasteiger partial charge in [-0.3, -0.25) is 0 Å². The second-order valence-corrected chi connectivity index (χ2v) is 2.18. The second-order valence-electron chi connectivity index (χ2n) is 2.18. The molecule has 10 heavy (non-hydrogen) atoms. The van der Waals surface area contributed by atoms with Crippen LogP contribution >= 0.6 is 0 Å². The largest absolute Gasteiger partial charge is 0.329 e. The molecule has 0 spiro atoms. The Balaban J connectivity index is 3.29. The Labute approximate surface area is 62.2 Å². The molecule has 0 aromatic carbocycles. The molecule has 0 aromatic heterocycles. The summed E-state index contributed by atoms with van der Waals surface area (Å²) >= 11 is 0. The molecule has 0 saturated heterocycles. The van der Waals surface area contributed by atoms with Crippen molar-refractivity contribution in [2.45, 2.75) is 13.3 Å². The Hall–Kier alpha value is -0.410. The number of aldehydes is 1. The zero-order valence-corrected chi connectivity index (χ0v) is 6.55. The standard InChI is InChI=1S/C7H16N2O/c1-2-9(6-4-8)5-3-7-10/h7H,2-6,8H2,1H3. The van der Waals surface area contributed by atoms with Crippen LogP contribution in [0.1, 0.15) is 13.3 Å². The topological polar surface area (TPSA) is 46.3 Å². The van der Waals surface area contributed by atoms with Gasteiger partial charge in [0, 0.05) is 26.1 Å². The number of likely N-dealkylation sites (N-methyl/N-ethyl adjacent to an activating group) is 1. The molecular formula is C7H16N2O. The molecule has 0 aromatic rings. The molecule has 3 nitrogen and oxygen atoms in total. The van der Waals surface area contributed by atoms with Gasteiger partial charge in [0.1, 0.15) is 6.29 Å². The van der Waals surface area contributed by atoms with Crippen molar-refractivity contribution in [3.63, 3.8) is 0 Å². The Kier molecular flexibility index (Phi) is 6.43. The van der Waals surface area contributed by atoms with E-state index in [1.807, 2.05) is 0 Å². The van der Waals surface area contributed by atoms with Crippen LogP contribution in [0.15, 0.2) is 0 Å². The van der Waals surface area contributed by atoms with E-state index < -0.39 is 0 Å². The number of carbonyl (C=O) groups is 1. The molecule has 0 heterocycles. The lowest BCUT2D eigenvalue weighted by Gasteiger charge is -2.17. The van der Waals surface area contributed by atoms with Crippen molar-refractivity contribution in [3.05, 3.63) is 0 Å². The highest BCUT2D eigenvalue weighted by molar-refractivity contribution is 5.49. The highest BCUT2D eigenvalue weighted by Gasteiger charge is 1.97. The van der Waals surface area contributed by atoms with Gasteiger partial charge in [0.15, 0.2) is 0 Å². The first-order valence-electron chi connectivity index (χ1n) is 3.71. The van der Waals surface area contributed by atoms with Crippen molar-refractivity contribution in [3.8, 4) is 0 Å². The van der Waals surface area contributed by atoms with Gasteiger partial charge in [0.2, 0.25) is 0 Å². The maximum absolute atomic E-state index is 9.97. The SMILES string of the molecule is CCN(CCN)CCC=O. The molecule has 60 valence electrons. The normalized spacial score (nSPS) is 10.3. The highest BCUT2D eigenvalue weighted by atomic mass is 16.1. The fraction of sp³-hybridized carbons (Fsp3) is 0.857. The highest BCUT2D eigenvalue weighted by Crippen LogP contribution is 1.86. The predicted molar refractivity (Wildman–Crippen MR) is 41.8 cm³/mol. The minimum atomic E-state index is 0.619. The van der Waals surface area contributed by atoms with Gasteiger partial charge in [-0.25, -0.2) is 0 Å². The summed E-state index contributed by atoms with van der Waals surface area (Å²) in [4.78, 5) is 12.1. The second kappa shape index (κ2) is 6.71. The lowest BCUT2D eigenvalue weighted by molar-refractivity contribution is -0.108. The van der Waals surface area contributed by atoms with Gasteiger partial charge in [0.25, 0.3) is 0 Å². The Morgan fingerprint density at radius 2 is 2.20 bits per heavy atom. The quantitative estimate of drug-likeness (QED) is 0.528. The van der Waals surface area contributed by atoms with Gasteiger partial charge < -0.3 is 15.4 Å². The molecule has 0 aliphatic heterocycles. The zero-order chi connectivity index (χ0) is 7.82. The van der Waals surface area contributed by atoms with Crippen molar-refractivity contribution in [1.29, 1.82) is 0 Å². The summed E-state index contributed by atoms with van der Waals surface area (Å²) in [6.07, 6.45) is 1.56. The van der Waals surface area contributed by atoms with Crippen molar-refractivity contribution in [2.75, 3.05) is 26.2 Å². The average Bonchev–Trinajstić information content (AvgIpc) is 1.98. The predicted octanol–water partition coefficient (Wildman–Crippen LogP) is -0.144. The average molecular weight is 144 g/mol. The molecule has 0 saturated carbocycles. The van der Waals surface area contributed by atoms with Crippen molar-refractivity contribution < 1.29 is 4.79 Å². The van der Waals surface area contributed by atoms with Gasteiger partial charge in [-0.1, -0.05) is 6.92 Å². The van der Waals surface area contributed by atoms with Crippen LogP contribution in [0.2, 0.25) is 0 Å². The molecule has 0 atom stereocenters. The summed E-state index contributed by atoms with van der Waals surface area (Å²) in [5.74, 6) is 0. The van der Waals surface area contributed by atoms with Crippen LogP contribution < -0.4 is 5.73 Å². The molecule has 2 N–H and O–H groups in total. The lowest BCUT2D eigenvalue weighted by atomic mass is 10.4. The van der Waals surface area contributed by atoms with Crippen LogP contribution in [0.4, 0.5) is 0 Å². The molecule has 0 radical (unpaired) electrons. The summed E-state index contributed by atoms with van der Waals surface area (Å²) in [5, 5.41) is 0. The molecule has 0 amide bonds. The Bertz CT molecular complexity index is 85.7. The number of carbonyl (C=O) groups excluding carboxylic acids is 1. The molecule has 3 heteroatoms. The Morgan fingerprint density at radius 3 is 2.60 bits per heavy atom. The third kappa shape index (κ3) is 4.47. The van der Waals surface area contributed by atoms with E-state index in [1.165, 1.54) is 0 Å². The third-order valence-electron chi connectivity index (χ3n) is 1.46. The van der Waals surface area contributed by atoms with Gasteiger partial charge in [-0.05, 0) is 6.54 Å². The summed E-state index contributed by atoms with van der Waals surface area (Å²) in [6, 6.07) is 0. The van der Waals surface area contributed by atoms with E-state index in [0.717, 1.165) is 25.9 Å². The summed E-state index contributed by atoms with van der Waals surface area (Å²) < 4.78 is 0. The molecule has 0 unspecified atom stereocenters. The van der Waals surface area contributed by atoms with Crippen LogP contribution in [0.5, 0.6) is 0 Å². The number of rotatable bonds is 6. The van der Waals surface area contributed by atoms with Crippen molar-refractivity contribution in [2.24, 2.45) is 5.73 Å². The number of hydrogen-bond acceptors (Lipinski definition) is 3. The monoisotopic (exact) mass is 144 g/mol. The molecule has 0 rings (SSSR count). The fourth-order valence-electron chi connectivity index (χ4n) is 0.846. The van der Waals surface area contributed by atoms with E-state index >= 15 is 0 Å². The first-order valence-corrected chi connectivity index (χ1v) is 3.71. The van der Waals surface area contributed by atoms with Crippen LogP contribution in [0.3, 0.4) is 0 Å². The first-order chi connectivity index (χ1) is 4.85. The van der Waals surface area contributed by atoms with E-state index in [-0.39, 0.29) is 0 Å². The van der Waals surface area contributed by atoms with Crippen LogP contribution in [0, 0.1) is 0 Å². The van der Waals surface area contributed by atoms with E-state index in [4.69, 9.17) is 5.73 Å². The first kappa shape index (κ1) is 9.59. The van der Waals surface area contributed by atoms with Gasteiger partial charge in [0.05, 0.1) is 0 Å². The van der Waals surface area contributed by atoms with Gasteiger partial charge >= 0.3 is 0 Å². The maximum atomic E-state index is 9.97.